The molecule has 1 nitrogen and oxygen atoms in total. The maximum absolute atomic E-state index is 12.9. The van der Waals surface area contributed by atoms with Crippen molar-refractivity contribution in [1.82, 2.24) is 0 Å². The van der Waals surface area contributed by atoms with Crippen LogP contribution in [0.3, 0.4) is 0 Å². The lowest BCUT2D eigenvalue weighted by atomic mass is 10.1. The van der Waals surface area contributed by atoms with Gasteiger partial charge >= 0.3 is 0 Å². The Balaban J connectivity index is 2.04. The Morgan fingerprint density at radius 3 is 2.50 bits per heavy atom. The monoisotopic (exact) mass is 335 g/mol. The zero-order valence-corrected chi connectivity index (χ0v) is 13.4. The first-order chi connectivity index (χ1) is 9.58. The topological polar surface area (TPSA) is 12.0 Å². The highest BCUT2D eigenvalue weighted by molar-refractivity contribution is 9.10. The lowest BCUT2D eigenvalue weighted by Crippen LogP contribution is -2.19. The fraction of sp³-hybridized carbons (Fsp3) is 0.294. The Morgan fingerprint density at radius 1 is 1.15 bits per heavy atom. The molecule has 0 saturated heterocycles. The second-order valence-corrected chi connectivity index (χ2v) is 5.95. The van der Waals surface area contributed by atoms with Gasteiger partial charge in [0, 0.05) is 16.2 Å². The molecule has 106 valence electrons. The van der Waals surface area contributed by atoms with Crippen molar-refractivity contribution in [2.45, 2.75) is 32.7 Å². The summed E-state index contributed by atoms with van der Waals surface area (Å²) in [4.78, 5) is 0. The highest BCUT2D eigenvalue weighted by Gasteiger charge is 2.07. The molecule has 0 fully saturated rings. The van der Waals surface area contributed by atoms with Crippen LogP contribution in [0.5, 0.6) is 0 Å². The summed E-state index contributed by atoms with van der Waals surface area (Å²) in [5.74, 6) is -0.185. The number of nitrogens with one attached hydrogen (secondary N) is 1. The lowest BCUT2D eigenvalue weighted by molar-refractivity contribution is 0.626. The van der Waals surface area contributed by atoms with Crippen LogP contribution in [0.2, 0.25) is 0 Å². The molecule has 1 atom stereocenters. The van der Waals surface area contributed by atoms with Gasteiger partial charge in [-0.05, 0) is 61.2 Å². The van der Waals surface area contributed by atoms with Crippen molar-refractivity contribution < 1.29 is 4.39 Å². The summed E-state index contributed by atoms with van der Waals surface area (Å²) in [5.41, 5.74) is 3.61. The van der Waals surface area contributed by atoms with Crippen LogP contribution >= 0.6 is 15.9 Å². The molecule has 20 heavy (non-hydrogen) atoms. The smallest absolute Gasteiger partial charge is 0.123 e. The average molecular weight is 336 g/mol. The van der Waals surface area contributed by atoms with Gasteiger partial charge in [0.05, 0.1) is 0 Å². The van der Waals surface area contributed by atoms with Crippen LogP contribution in [0, 0.1) is 5.82 Å². The number of hydrogen-bond acceptors (Lipinski definition) is 1. The molecule has 0 saturated carbocycles. The Labute approximate surface area is 128 Å². The number of benzene rings is 2. The van der Waals surface area contributed by atoms with E-state index in [9.17, 15) is 4.39 Å². The molecular weight excluding hydrogens is 317 g/mol. The molecule has 0 aliphatic rings. The van der Waals surface area contributed by atoms with Gasteiger partial charge in [0.25, 0.3) is 0 Å². The van der Waals surface area contributed by atoms with Crippen molar-refractivity contribution in [1.29, 1.82) is 0 Å². The third-order valence-corrected chi connectivity index (χ3v) is 3.80. The van der Waals surface area contributed by atoms with Crippen molar-refractivity contribution in [3.63, 3.8) is 0 Å². The lowest BCUT2D eigenvalue weighted by Gasteiger charge is -2.18. The van der Waals surface area contributed by atoms with Crippen molar-refractivity contribution in [3.8, 4) is 0 Å². The number of hydrogen-bond donors (Lipinski definition) is 1. The molecule has 2 aromatic carbocycles. The van der Waals surface area contributed by atoms with Gasteiger partial charge in [-0.15, -0.1) is 0 Å². The third-order valence-electron chi connectivity index (χ3n) is 3.31. The molecule has 0 heterocycles. The maximum Gasteiger partial charge on any atom is 0.123 e. The predicted molar refractivity (Wildman–Crippen MR) is 86.7 cm³/mol. The van der Waals surface area contributed by atoms with Gasteiger partial charge in [-0.25, -0.2) is 4.39 Å². The van der Waals surface area contributed by atoms with E-state index >= 15 is 0 Å². The fourth-order valence-corrected chi connectivity index (χ4v) is 2.69. The molecule has 2 aromatic rings. The van der Waals surface area contributed by atoms with E-state index in [-0.39, 0.29) is 5.82 Å². The van der Waals surface area contributed by atoms with E-state index in [2.05, 4.69) is 47.2 Å². The van der Waals surface area contributed by atoms with Crippen molar-refractivity contribution in [2.24, 2.45) is 0 Å². The zero-order chi connectivity index (χ0) is 14.5. The summed E-state index contributed by atoms with van der Waals surface area (Å²) in [5, 5.41) is 3.54. The van der Waals surface area contributed by atoms with E-state index in [1.807, 2.05) is 18.2 Å². The molecule has 3 heteroatoms. The first-order valence-corrected chi connectivity index (χ1v) is 7.67. The van der Waals surface area contributed by atoms with Crippen molar-refractivity contribution in [3.05, 3.63) is 63.9 Å². The minimum Gasteiger partial charge on any atom is -0.382 e. The standard InChI is InChI=1S/C17H19BrFN/c1-3-14-11-15(18)6-9-17(14)20-12(2)10-13-4-7-16(19)8-5-13/h4-9,11-12,20H,3,10H2,1-2H3. The number of aryl methyl sites for hydroxylation is 1. The summed E-state index contributed by atoms with van der Waals surface area (Å²) in [6, 6.07) is 13.3. The third kappa shape index (κ3) is 4.07. The second kappa shape index (κ2) is 6.89. The summed E-state index contributed by atoms with van der Waals surface area (Å²) in [7, 11) is 0. The quantitative estimate of drug-likeness (QED) is 0.792. The van der Waals surface area contributed by atoms with Crippen LogP contribution in [0.1, 0.15) is 25.0 Å². The van der Waals surface area contributed by atoms with Gasteiger partial charge in [-0.3, -0.25) is 0 Å². The normalized spacial score (nSPS) is 12.2. The molecule has 0 aliphatic heterocycles. The van der Waals surface area contributed by atoms with Crippen molar-refractivity contribution in [2.75, 3.05) is 5.32 Å². The van der Waals surface area contributed by atoms with Crippen LogP contribution in [-0.2, 0) is 12.8 Å². The van der Waals surface area contributed by atoms with E-state index in [0.717, 1.165) is 22.9 Å². The van der Waals surface area contributed by atoms with Gasteiger partial charge in [0.15, 0.2) is 0 Å². The molecule has 1 N–H and O–H groups in total. The summed E-state index contributed by atoms with van der Waals surface area (Å²) >= 11 is 3.50. The Hall–Kier alpha value is -1.35. The molecule has 0 radical (unpaired) electrons. The highest BCUT2D eigenvalue weighted by Crippen LogP contribution is 2.22. The number of halogens is 2. The number of anilines is 1. The second-order valence-electron chi connectivity index (χ2n) is 5.03. The molecular formula is C17H19BrFN. The van der Waals surface area contributed by atoms with E-state index in [1.54, 1.807) is 0 Å². The van der Waals surface area contributed by atoms with Crippen LogP contribution < -0.4 is 5.32 Å². The summed E-state index contributed by atoms with van der Waals surface area (Å²) in [6.45, 7) is 4.29. The zero-order valence-electron chi connectivity index (χ0n) is 11.8. The first-order valence-electron chi connectivity index (χ1n) is 6.88. The Morgan fingerprint density at radius 2 is 1.85 bits per heavy atom. The van der Waals surface area contributed by atoms with Gasteiger partial charge < -0.3 is 5.32 Å². The van der Waals surface area contributed by atoms with Crippen LogP contribution in [0.25, 0.3) is 0 Å². The van der Waals surface area contributed by atoms with Gasteiger partial charge in [-0.1, -0.05) is 35.0 Å². The molecule has 0 spiro atoms. The Bertz CT molecular complexity index is 566. The van der Waals surface area contributed by atoms with E-state index in [1.165, 1.54) is 23.4 Å². The summed E-state index contributed by atoms with van der Waals surface area (Å²) in [6.07, 6.45) is 1.87. The van der Waals surface area contributed by atoms with Gasteiger partial charge in [-0.2, -0.15) is 0 Å². The van der Waals surface area contributed by atoms with Gasteiger partial charge in [0.1, 0.15) is 5.82 Å². The van der Waals surface area contributed by atoms with Gasteiger partial charge in [0.2, 0.25) is 0 Å². The maximum atomic E-state index is 12.9. The largest absolute Gasteiger partial charge is 0.382 e. The van der Waals surface area contributed by atoms with E-state index in [0.29, 0.717) is 6.04 Å². The molecule has 0 bridgehead atoms. The van der Waals surface area contributed by atoms with Crippen LogP contribution in [0.4, 0.5) is 10.1 Å². The molecule has 0 amide bonds. The number of rotatable bonds is 5. The predicted octanol–water partition coefficient (Wildman–Crippen LogP) is 5.19. The SMILES string of the molecule is CCc1cc(Br)ccc1NC(C)Cc1ccc(F)cc1. The molecule has 0 aromatic heterocycles. The summed E-state index contributed by atoms with van der Waals surface area (Å²) < 4.78 is 14.0. The Kier molecular flexibility index (Phi) is 5.18. The fourth-order valence-electron chi connectivity index (χ4n) is 2.29. The molecule has 0 aliphatic carbocycles. The minimum atomic E-state index is -0.185. The van der Waals surface area contributed by atoms with Crippen molar-refractivity contribution >= 4 is 21.6 Å². The first kappa shape index (κ1) is 15.0. The molecule has 2 rings (SSSR count). The average Bonchev–Trinajstić information content (AvgIpc) is 2.43. The van der Waals surface area contributed by atoms with Crippen LogP contribution in [-0.4, -0.2) is 6.04 Å². The van der Waals surface area contributed by atoms with E-state index in [4.69, 9.17) is 0 Å². The molecule has 1 unspecified atom stereocenters. The highest BCUT2D eigenvalue weighted by atomic mass is 79.9. The van der Waals surface area contributed by atoms with Crippen LogP contribution in [0.15, 0.2) is 46.9 Å². The van der Waals surface area contributed by atoms with E-state index < -0.39 is 0 Å². The minimum absolute atomic E-state index is 0.185.